The summed E-state index contributed by atoms with van der Waals surface area (Å²) in [5.41, 5.74) is 4.32. The normalized spacial score (nSPS) is 12.4. The van der Waals surface area contributed by atoms with E-state index in [0.29, 0.717) is 13.1 Å². The molecule has 19 heavy (non-hydrogen) atoms. The second-order valence-electron chi connectivity index (χ2n) is 4.83. The van der Waals surface area contributed by atoms with E-state index in [9.17, 15) is 5.11 Å². The second-order valence-corrected chi connectivity index (χ2v) is 4.83. The number of hydrogen-bond donors (Lipinski definition) is 2. The molecule has 0 amide bonds. The van der Waals surface area contributed by atoms with Crippen molar-refractivity contribution in [3.63, 3.8) is 0 Å². The van der Waals surface area contributed by atoms with Crippen LogP contribution in [-0.4, -0.2) is 16.6 Å². The van der Waals surface area contributed by atoms with E-state index in [1.165, 1.54) is 5.56 Å². The van der Waals surface area contributed by atoms with Crippen molar-refractivity contribution < 1.29 is 5.11 Å². The summed E-state index contributed by atoms with van der Waals surface area (Å²) in [5, 5.41) is 13.4. The van der Waals surface area contributed by atoms with Crippen LogP contribution in [0, 0.1) is 13.8 Å². The van der Waals surface area contributed by atoms with E-state index < -0.39 is 6.10 Å². The molecular formula is C16H20N2O. The Bertz CT molecular complexity index is 526. The lowest BCUT2D eigenvalue weighted by Crippen LogP contribution is -2.22. The lowest BCUT2D eigenvalue weighted by Gasteiger charge is -2.15. The number of pyridine rings is 1. The molecular weight excluding hydrogens is 236 g/mol. The van der Waals surface area contributed by atoms with Gasteiger partial charge in [-0.1, -0.05) is 29.8 Å². The Labute approximate surface area is 114 Å². The van der Waals surface area contributed by atoms with Crippen LogP contribution >= 0.6 is 0 Å². The molecule has 1 aromatic carbocycles. The topological polar surface area (TPSA) is 45.1 Å². The molecule has 0 aliphatic rings. The molecule has 1 atom stereocenters. The zero-order valence-corrected chi connectivity index (χ0v) is 11.4. The summed E-state index contributed by atoms with van der Waals surface area (Å²) in [6.45, 7) is 5.29. The molecule has 1 heterocycles. The first kappa shape index (κ1) is 13.7. The maximum absolute atomic E-state index is 10.2. The van der Waals surface area contributed by atoms with Crippen molar-refractivity contribution in [2.75, 3.05) is 6.54 Å². The number of aryl methyl sites for hydroxylation is 2. The van der Waals surface area contributed by atoms with Crippen molar-refractivity contribution >= 4 is 0 Å². The monoisotopic (exact) mass is 256 g/mol. The highest BCUT2D eigenvalue weighted by atomic mass is 16.3. The van der Waals surface area contributed by atoms with Crippen LogP contribution in [0.5, 0.6) is 0 Å². The van der Waals surface area contributed by atoms with E-state index in [2.05, 4.69) is 23.3 Å². The van der Waals surface area contributed by atoms with E-state index in [1.807, 2.05) is 37.3 Å². The van der Waals surface area contributed by atoms with E-state index >= 15 is 0 Å². The number of nitrogens with zero attached hydrogens (tertiary/aromatic N) is 1. The number of aliphatic hydroxyl groups excluding tert-OH is 1. The summed E-state index contributed by atoms with van der Waals surface area (Å²) in [6.07, 6.45) is 1.29. The SMILES string of the molecule is Cc1ccc(C(O)CNCc2ccccn2)c(C)c1. The highest BCUT2D eigenvalue weighted by molar-refractivity contribution is 5.32. The summed E-state index contributed by atoms with van der Waals surface area (Å²) < 4.78 is 0. The molecule has 0 saturated heterocycles. The predicted octanol–water partition coefficient (Wildman–Crippen LogP) is 2.52. The number of rotatable bonds is 5. The second kappa shape index (κ2) is 6.45. The minimum absolute atomic E-state index is 0.482. The summed E-state index contributed by atoms with van der Waals surface area (Å²) in [6, 6.07) is 12.0. The van der Waals surface area contributed by atoms with Gasteiger partial charge in [0.1, 0.15) is 0 Å². The average molecular weight is 256 g/mol. The number of nitrogens with one attached hydrogen (secondary N) is 1. The van der Waals surface area contributed by atoms with Crippen molar-refractivity contribution in [2.24, 2.45) is 0 Å². The van der Waals surface area contributed by atoms with Crippen LogP contribution in [0.25, 0.3) is 0 Å². The molecule has 0 radical (unpaired) electrons. The minimum Gasteiger partial charge on any atom is -0.387 e. The van der Waals surface area contributed by atoms with Gasteiger partial charge in [-0.3, -0.25) is 4.98 Å². The van der Waals surface area contributed by atoms with Crippen LogP contribution in [0.4, 0.5) is 0 Å². The van der Waals surface area contributed by atoms with E-state index in [0.717, 1.165) is 16.8 Å². The number of aromatic nitrogens is 1. The first-order valence-electron chi connectivity index (χ1n) is 6.52. The van der Waals surface area contributed by atoms with Gasteiger partial charge in [-0.25, -0.2) is 0 Å². The van der Waals surface area contributed by atoms with Crippen LogP contribution in [0.2, 0.25) is 0 Å². The Hall–Kier alpha value is -1.71. The molecule has 1 unspecified atom stereocenters. The van der Waals surface area contributed by atoms with Crippen LogP contribution in [0.15, 0.2) is 42.6 Å². The molecule has 3 heteroatoms. The Kier molecular flexibility index (Phi) is 4.66. The standard InChI is InChI=1S/C16H20N2O/c1-12-6-7-15(13(2)9-12)16(19)11-17-10-14-5-3-4-8-18-14/h3-9,16-17,19H,10-11H2,1-2H3. The van der Waals surface area contributed by atoms with Gasteiger partial charge in [0.2, 0.25) is 0 Å². The predicted molar refractivity (Wildman–Crippen MR) is 76.8 cm³/mol. The van der Waals surface area contributed by atoms with Crippen LogP contribution in [-0.2, 0) is 6.54 Å². The summed E-state index contributed by atoms with van der Waals surface area (Å²) in [4.78, 5) is 4.23. The Morgan fingerprint density at radius 1 is 1.21 bits per heavy atom. The van der Waals surface area contributed by atoms with Gasteiger partial charge >= 0.3 is 0 Å². The lowest BCUT2D eigenvalue weighted by molar-refractivity contribution is 0.173. The molecule has 0 bridgehead atoms. The third-order valence-corrected chi connectivity index (χ3v) is 3.15. The quantitative estimate of drug-likeness (QED) is 0.864. The largest absolute Gasteiger partial charge is 0.387 e. The van der Waals surface area contributed by atoms with Crippen molar-refractivity contribution in [3.8, 4) is 0 Å². The van der Waals surface area contributed by atoms with Crippen LogP contribution in [0.3, 0.4) is 0 Å². The van der Waals surface area contributed by atoms with Gasteiger partial charge in [-0.2, -0.15) is 0 Å². The van der Waals surface area contributed by atoms with E-state index in [-0.39, 0.29) is 0 Å². The highest BCUT2D eigenvalue weighted by Gasteiger charge is 2.09. The molecule has 2 rings (SSSR count). The Balaban J connectivity index is 1.89. The first-order valence-corrected chi connectivity index (χ1v) is 6.52. The fourth-order valence-electron chi connectivity index (χ4n) is 2.15. The fraction of sp³-hybridized carbons (Fsp3) is 0.312. The minimum atomic E-state index is -0.482. The third kappa shape index (κ3) is 3.88. The Morgan fingerprint density at radius 3 is 2.74 bits per heavy atom. The number of hydrogen-bond acceptors (Lipinski definition) is 3. The zero-order chi connectivity index (χ0) is 13.7. The van der Waals surface area contributed by atoms with Gasteiger partial charge in [0.05, 0.1) is 11.8 Å². The molecule has 0 aliphatic heterocycles. The Morgan fingerprint density at radius 2 is 2.05 bits per heavy atom. The highest BCUT2D eigenvalue weighted by Crippen LogP contribution is 2.18. The third-order valence-electron chi connectivity index (χ3n) is 3.15. The molecule has 2 aromatic rings. The van der Waals surface area contributed by atoms with Gasteiger partial charge in [0.25, 0.3) is 0 Å². The molecule has 0 fully saturated rings. The molecule has 0 aliphatic carbocycles. The lowest BCUT2D eigenvalue weighted by atomic mass is 10.0. The maximum atomic E-state index is 10.2. The fourth-order valence-corrected chi connectivity index (χ4v) is 2.15. The van der Waals surface area contributed by atoms with Crippen molar-refractivity contribution in [3.05, 3.63) is 65.0 Å². The van der Waals surface area contributed by atoms with Crippen molar-refractivity contribution in [2.45, 2.75) is 26.5 Å². The number of aliphatic hydroxyl groups is 1. The van der Waals surface area contributed by atoms with Gasteiger partial charge in [0.15, 0.2) is 0 Å². The first-order chi connectivity index (χ1) is 9.16. The maximum Gasteiger partial charge on any atom is 0.0917 e. The van der Waals surface area contributed by atoms with Crippen molar-refractivity contribution in [1.29, 1.82) is 0 Å². The van der Waals surface area contributed by atoms with Crippen molar-refractivity contribution in [1.82, 2.24) is 10.3 Å². The van der Waals surface area contributed by atoms with Gasteiger partial charge in [-0.15, -0.1) is 0 Å². The number of benzene rings is 1. The van der Waals surface area contributed by atoms with Gasteiger partial charge in [0, 0.05) is 19.3 Å². The average Bonchev–Trinajstić information content (AvgIpc) is 2.39. The van der Waals surface area contributed by atoms with E-state index in [1.54, 1.807) is 6.20 Å². The molecule has 100 valence electrons. The van der Waals surface area contributed by atoms with Gasteiger partial charge < -0.3 is 10.4 Å². The smallest absolute Gasteiger partial charge is 0.0917 e. The zero-order valence-electron chi connectivity index (χ0n) is 11.4. The molecule has 0 spiro atoms. The summed E-state index contributed by atoms with van der Waals surface area (Å²) in [7, 11) is 0. The van der Waals surface area contributed by atoms with Crippen LogP contribution < -0.4 is 5.32 Å². The van der Waals surface area contributed by atoms with E-state index in [4.69, 9.17) is 0 Å². The van der Waals surface area contributed by atoms with Gasteiger partial charge in [-0.05, 0) is 37.1 Å². The summed E-state index contributed by atoms with van der Waals surface area (Å²) >= 11 is 0. The van der Waals surface area contributed by atoms with Crippen LogP contribution in [0.1, 0.15) is 28.5 Å². The summed E-state index contributed by atoms with van der Waals surface area (Å²) in [5.74, 6) is 0. The molecule has 0 saturated carbocycles. The molecule has 3 nitrogen and oxygen atoms in total. The molecule has 2 N–H and O–H groups in total. The molecule has 1 aromatic heterocycles.